The van der Waals surface area contributed by atoms with E-state index in [1.807, 2.05) is 61.0 Å². The molecule has 4 rings (SSSR count). The molecule has 2 N–H and O–H groups in total. The molecule has 32 heavy (non-hydrogen) atoms. The lowest BCUT2D eigenvalue weighted by Gasteiger charge is -2.13. The number of methoxy groups -OCH3 is 2. The summed E-state index contributed by atoms with van der Waals surface area (Å²) in [6.45, 7) is 3.98. The number of hydrogen-bond acceptors (Lipinski definition) is 7. The van der Waals surface area contributed by atoms with Gasteiger partial charge in [0.15, 0.2) is 11.5 Å². The highest BCUT2D eigenvalue weighted by molar-refractivity contribution is 6.30. The lowest BCUT2D eigenvalue weighted by atomic mass is 10.2. The summed E-state index contributed by atoms with van der Waals surface area (Å²) in [5.74, 6) is 3.15. The van der Waals surface area contributed by atoms with Gasteiger partial charge in [-0.05, 0) is 56.3 Å². The SMILES string of the molecule is COc1ccc(Nc2nccc(Nc3c(C)c(C)nn3-c3ccc(Cl)cc3)n2)cc1OC. The molecule has 0 atom stereocenters. The Labute approximate surface area is 191 Å². The molecule has 0 saturated carbocycles. The van der Waals surface area contributed by atoms with E-state index in [0.717, 1.165) is 28.5 Å². The van der Waals surface area contributed by atoms with E-state index < -0.39 is 0 Å². The van der Waals surface area contributed by atoms with Crippen LogP contribution in [0.2, 0.25) is 5.02 Å². The Hall–Kier alpha value is -3.78. The molecule has 0 aliphatic heterocycles. The minimum atomic E-state index is 0.439. The number of hydrogen-bond donors (Lipinski definition) is 2. The van der Waals surface area contributed by atoms with Gasteiger partial charge in [0.05, 0.1) is 25.6 Å². The highest BCUT2D eigenvalue weighted by Crippen LogP contribution is 2.31. The average Bonchev–Trinajstić information content (AvgIpc) is 3.08. The first kappa shape index (κ1) is 21.5. The van der Waals surface area contributed by atoms with Gasteiger partial charge in [-0.3, -0.25) is 0 Å². The molecule has 0 fully saturated rings. The van der Waals surface area contributed by atoms with Crippen LogP contribution >= 0.6 is 11.6 Å². The monoisotopic (exact) mass is 450 g/mol. The van der Waals surface area contributed by atoms with Gasteiger partial charge in [0.1, 0.15) is 11.6 Å². The Morgan fingerprint density at radius 2 is 1.66 bits per heavy atom. The van der Waals surface area contributed by atoms with Crippen molar-refractivity contribution >= 4 is 34.9 Å². The average molecular weight is 451 g/mol. The second kappa shape index (κ2) is 9.15. The normalized spacial score (nSPS) is 10.7. The van der Waals surface area contributed by atoms with Crippen LogP contribution in [0.1, 0.15) is 11.3 Å². The Balaban J connectivity index is 1.61. The highest BCUT2D eigenvalue weighted by Gasteiger charge is 2.14. The zero-order valence-electron chi connectivity index (χ0n) is 18.2. The van der Waals surface area contributed by atoms with Crippen molar-refractivity contribution in [2.24, 2.45) is 0 Å². The molecular formula is C23H23ClN6O2. The first-order valence-electron chi connectivity index (χ1n) is 9.89. The van der Waals surface area contributed by atoms with Gasteiger partial charge in [-0.2, -0.15) is 10.1 Å². The van der Waals surface area contributed by atoms with Crippen LogP contribution in [0.3, 0.4) is 0 Å². The summed E-state index contributed by atoms with van der Waals surface area (Å²) in [5, 5.41) is 11.9. The van der Waals surface area contributed by atoms with Crippen molar-refractivity contribution in [2.45, 2.75) is 13.8 Å². The Morgan fingerprint density at radius 3 is 2.38 bits per heavy atom. The van der Waals surface area contributed by atoms with E-state index in [1.54, 1.807) is 26.5 Å². The maximum Gasteiger partial charge on any atom is 0.229 e. The standard InChI is InChI=1S/C23H23ClN6O2/c1-14-15(2)29-30(18-8-5-16(24)6-9-18)22(14)27-21-11-12-25-23(28-21)26-17-7-10-19(31-3)20(13-17)32-4/h5-13H,1-4H3,(H2,25,26,27,28). The highest BCUT2D eigenvalue weighted by atomic mass is 35.5. The van der Waals surface area contributed by atoms with Gasteiger partial charge in [0.25, 0.3) is 0 Å². The van der Waals surface area contributed by atoms with E-state index >= 15 is 0 Å². The molecule has 0 saturated heterocycles. The lowest BCUT2D eigenvalue weighted by Crippen LogP contribution is -2.06. The Bertz CT molecular complexity index is 1240. The lowest BCUT2D eigenvalue weighted by molar-refractivity contribution is 0.355. The fraction of sp³-hybridized carbons (Fsp3) is 0.174. The third kappa shape index (κ3) is 4.45. The number of aryl methyl sites for hydroxylation is 1. The molecule has 164 valence electrons. The van der Waals surface area contributed by atoms with Crippen LogP contribution < -0.4 is 20.1 Å². The van der Waals surface area contributed by atoms with E-state index in [1.165, 1.54) is 0 Å². The van der Waals surface area contributed by atoms with Gasteiger partial charge >= 0.3 is 0 Å². The zero-order valence-corrected chi connectivity index (χ0v) is 18.9. The number of anilines is 4. The second-order valence-corrected chi connectivity index (χ2v) is 7.47. The first-order chi connectivity index (χ1) is 15.5. The number of nitrogens with zero attached hydrogens (tertiary/aromatic N) is 4. The summed E-state index contributed by atoms with van der Waals surface area (Å²) in [6.07, 6.45) is 1.68. The maximum absolute atomic E-state index is 6.04. The minimum Gasteiger partial charge on any atom is -0.493 e. The minimum absolute atomic E-state index is 0.439. The molecule has 2 heterocycles. The fourth-order valence-corrected chi connectivity index (χ4v) is 3.30. The molecule has 0 aliphatic carbocycles. The van der Waals surface area contributed by atoms with E-state index in [2.05, 4.69) is 25.7 Å². The molecule has 4 aromatic rings. The predicted octanol–water partition coefficient (Wildman–Crippen LogP) is 5.44. The van der Waals surface area contributed by atoms with Crippen molar-refractivity contribution in [2.75, 3.05) is 24.9 Å². The van der Waals surface area contributed by atoms with Gasteiger partial charge in [-0.15, -0.1) is 0 Å². The van der Waals surface area contributed by atoms with Crippen LogP contribution in [0.15, 0.2) is 54.7 Å². The van der Waals surface area contributed by atoms with Crippen LogP contribution in [0.25, 0.3) is 5.69 Å². The van der Waals surface area contributed by atoms with E-state index in [0.29, 0.717) is 28.3 Å². The molecule has 0 radical (unpaired) electrons. The molecule has 2 aromatic carbocycles. The number of nitrogens with one attached hydrogen (secondary N) is 2. The molecule has 0 spiro atoms. The second-order valence-electron chi connectivity index (χ2n) is 7.03. The van der Waals surface area contributed by atoms with Crippen LogP contribution in [-0.4, -0.2) is 34.0 Å². The molecule has 0 aliphatic rings. The van der Waals surface area contributed by atoms with Crippen LogP contribution in [0.5, 0.6) is 11.5 Å². The summed E-state index contributed by atoms with van der Waals surface area (Å²) in [5.41, 5.74) is 3.61. The van der Waals surface area contributed by atoms with Gasteiger partial charge < -0.3 is 20.1 Å². The number of benzene rings is 2. The quantitative estimate of drug-likeness (QED) is 0.388. The van der Waals surface area contributed by atoms with E-state index in [4.69, 9.17) is 21.1 Å². The summed E-state index contributed by atoms with van der Waals surface area (Å²) in [7, 11) is 3.19. The van der Waals surface area contributed by atoms with E-state index in [-0.39, 0.29) is 0 Å². The fourth-order valence-electron chi connectivity index (χ4n) is 3.17. The maximum atomic E-state index is 6.04. The third-order valence-electron chi connectivity index (χ3n) is 4.97. The molecule has 0 unspecified atom stereocenters. The molecule has 9 heteroatoms. The number of aromatic nitrogens is 4. The van der Waals surface area contributed by atoms with Crippen LogP contribution in [0.4, 0.5) is 23.3 Å². The smallest absolute Gasteiger partial charge is 0.229 e. The molecule has 0 bridgehead atoms. The first-order valence-corrected chi connectivity index (χ1v) is 10.3. The Kier molecular flexibility index (Phi) is 6.13. The van der Waals surface area contributed by atoms with Crippen LogP contribution in [0, 0.1) is 13.8 Å². The van der Waals surface area contributed by atoms with Crippen molar-refractivity contribution in [3.05, 3.63) is 71.0 Å². The molecule has 2 aromatic heterocycles. The molecule has 0 amide bonds. The van der Waals surface area contributed by atoms with Crippen LogP contribution in [-0.2, 0) is 0 Å². The summed E-state index contributed by atoms with van der Waals surface area (Å²) < 4.78 is 12.5. The number of halogens is 1. The largest absolute Gasteiger partial charge is 0.493 e. The van der Waals surface area contributed by atoms with Crippen molar-refractivity contribution in [1.82, 2.24) is 19.7 Å². The summed E-state index contributed by atoms with van der Waals surface area (Å²) in [6, 6.07) is 14.8. The predicted molar refractivity (Wildman–Crippen MR) is 126 cm³/mol. The Morgan fingerprint density at radius 1 is 0.906 bits per heavy atom. The topological polar surface area (TPSA) is 86.1 Å². The molecular weight excluding hydrogens is 428 g/mol. The number of rotatable bonds is 7. The van der Waals surface area contributed by atoms with Crippen molar-refractivity contribution in [3.63, 3.8) is 0 Å². The summed E-state index contributed by atoms with van der Waals surface area (Å²) in [4.78, 5) is 8.91. The van der Waals surface area contributed by atoms with Gasteiger partial charge in [0.2, 0.25) is 5.95 Å². The number of ether oxygens (including phenoxy) is 2. The van der Waals surface area contributed by atoms with Gasteiger partial charge in [-0.25, -0.2) is 9.67 Å². The van der Waals surface area contributed by atoms with Crippen molar-refractivity contribution in [1.29, 1.82) is 0 Å². The third-order valence-corrected chi connectivity index (χ3v) is 5.22. The van der Waals surface area contributed by atoms with E-state index in [9.17, 15) is 0 Å². The van der Waals surface area contributed by atoms with Gasteiger partial charge in [0, 0.05) is 28.5 Å². The van der Waals surface area contributed by atoms with Gasteiger partial charge in [-0.1, -0.05) is 11.6 Å². The summed E-state index contributed by atoms with van der Waals surface area (Å²) >= 11 is 6.04. The molecule has 8 nitrogen and oxygen atoms in total. The van der Waals surface area contributed by atoms with Crippen molar-refractivity contribution < 1.29 is 9.47 Å². The van der Waals surface area contributed by atoms with Crippen molar-refractivity contribution in [3.8, 4) is 17.2 Å². The zero-order chi connectivity index (χ0) is 22.7.